The molecule has 4 heteroatoms. The van der Waals surface area contributed by atoms with Crippen LogP contribution in [0.2, 0.25) is 0 Å². The van der Waals surface area contributed by atoms with Crippen LogP contribution in [0.1, 0.15) is 24.1 Å². The van der Waals surface area contributed by atoms with E-state index in [4.69, 9.17) is 0 Å². The molecule has 0 saturated heterocycles. The van der Waals surface area contributed by atoms with Gasteiger partial charge >= 0.3 is 0 Å². The minimum atomic E-state index is -2.87. The number of hydrogen-bond donors (Lipinski definition) is 1. The molecule has 0 aliphatic carbocycles. The van der Waals surface area contributed by atoms with Gasteiger partial charge in [0.05, 0.1) is 6.54 Å². The first-order chi connectivity index (χ1) is 9.49. The largest absolute Gasteiger partial charge is 0.304 e. The molecular weight excluding hydrogens is 324 g/mol. The van der Waals surface area contributed by atoms with Gasteiger partial charge in [0, 0.05) is 16.1 Å². The van der Waals surface area contributed by atoms with Crippen LogP contribution in [0.25, 0.3) is 0 Å². The minimum absolute atomic E-state index is 0.0375. The molecule has 0 radical (unpaired) electrons. The predicted molar refractivity (Wildman–Crippen MR) is 80.9 cm³/mol. The lowest BCUT2D eigenvalue weighted by atomic mass is 10.1. The van der Waals surface area contributed by atoms with Crippen molar-refractivity contribution in [2.75, 3.05) is 6.54 Å². The zero-order valence-electron chi connectivity index (χ0n) is 11.1. The number of hydrogen-bond acceptors (Lipinski definition) is 1. The Morgan fingerprint density at radius 2 is 1.65 bits per heavy atom. The lowest BCUT2D eigenvalue weighted by Gasteiger charge is -2.21. The second-order valence-electron chi connectivity index (χ2n) is 4.72. The smallest absolute Gasteiger partial charge is 0.285 e. The minimum Gasteiger partial charge on any atom is -0.304 e. The van der Waals surface area contributed by atoms with E-state index in [0.717, 1.165) is 10.0 Å². The maximum atomic E-state index is 14.0. The fourth-order valence-electron chi connectivity index (χ4n) is 1.93. The molecule has 2 rings (SSSR count). The van der Waals surface area contributed by atoms with Crippen molar-refractivity contribution in [2.45, 2.75) is 18.9 Å². The monoisotopic (exact) mass is 339 g/mol. The van der Waals surface area contributed by atoms with Gasteiger partial charge in [-0.25, -0.2) is 0 Å². The third-order valence-corrected chi connectivity index (χ3v) is 3.73. The van der Waals surface area contributed by atoms with E-state index in [9.17, 15) is 8.78 Å². The highest BCUT2D eigenvalue weighted by Crippen LogP contribution is 2.27. The highest BCUT2D eigenvalue weighted by molar-refractivity contribution is 9.10. The Morgan fingerprint density at radius 1 is 1.05 bits per heavy atom. The molecule has 0 heterocycles. The zero-order chi connectivity index (χ0) is 14.6. The number of halogens is 3. The van der Waals surface area contributed by atoms with E-state index in [2.05, 4.69) is 21.2 Å². The van der Waals surface area contributed by atoms with Crippen LogP contribution >= 0.6 is 15.9 Å². The molecule has 0 aromatic heterocycles. The molecule has 0 saturated carbocycles. The molecular formula is C16H16BrF2N. The summed E-state index contributed by atoms with van der Waals surface area (Å²) < 4.78 is 29.0. The van der Waals surface area contributed by atoms with E-state index in [1.54, 1.807) is 18.2 Å². The van der Waals surface area contributed by atoms with Crippen molar-refractivity contribution in [3.63, 3.8) is 0 Å². The lowest BCUT2D eigenvalue weighted by molar-refractivity contribution is -0.00534. The Hall–Kier alpha value is -1.26. The van der Waals surface area contributed by atoms with Crippen LogP contribution in [-0.4, -0.2) is 6.54 Å². The van der Waals surface area contributed by atoms with Gasteiger partial charge < -0.3 is 5.32 Å². The Labute approximate surface area is 126 Å². The van der Waals surface area contributed by atoms with E-state index in [-0.39, 0.29) is 18.2 Å². The van der Waals surface area contributed by atoms with Crippen molar-refractivity contribution in [2.24, 2.45) is 0 Å². The molecule has 0 amide bonds. The first kappa shape index (κ1) is 15.1. The first-order valence-electron chi connectivity index (χ1n) is 6.41. The van der Waals surface area contributed by atoms with E-state index in [0.29, 0.717) is 0 Å². The van der Waals surface area contributed by atoms with Gasteiger partial charge in [-0.3, -0.25) is 0 Å². The summed E-state index contributed by atoms with van der Waals surface area (Å²) in [5.74, 6) is -2.87. The summed E-state index contributed by atoms with van der Waals surface area (Å²) >= 11 is 3.36. The van der Waals surface area contributed by atoms with Crippen LogP contribution < -0.4 is 5.32 Å². The Balaban J connectivity index is 1.99. The van der Waals surface area contributed by atoms with E-state index in [1.165, 1.54) is 12.1 Å². The van der Waals surface area contributed by atoms with Crippen molar-refractivity contribution in [1.82, 2.24) is 5.32 Å². The molecule has 0 unspecified atom stereocenters. The highest BCUT2D eigenvalue weighted by atomic mass is 79.9. The fraction of sp³-hybridized carbons (Fsp3) is 0.250. The third-order valence-electron chi connectivity index (χ3n) is 3.20. The highest BCUT2D eigenvalue weighted by Gasteiger charge is 2.31. The molecule has 1 nitrogen and oxygen atoms in total. The van der Waals surface area contributed by atoms with Gasteiger partial charge in [-0.15, -0.1) is 0 Å². The van der Waals surface area contributed by atoms with Gasteiger partial charge in [0.2, 0.25) is 0 Å². The van der Waals surface area contributed by atoms with Gasteiger partial charge in [0.15, 0.2) is 0 Å². The van der Waals surface area contributed by atoms with Crippen molar-refractivity contribution in [3.05, 3.63) is 70.2 Å². The average Bonchev–Trinajstić information content (AvgIpc) is 2.46. The summed E-state index contributed by atoms with van der Waals surface area (Å²) in [6, 6.07) is 15.4. The van der Waals surface area contributed by atoms with E-state index in [1.807, 2.05) is 31.2 Å². The maximum absolute atomic E-state index is 14.0. The van der Waals surface area contributed by atoms with Crippen LogP contribution in [0, 0.1) is 0 Å². The Morgan fingerprint density at radius 3 is 2.25 bits per heavy atom. The van der Waals surface area contributed by atoms with E-state index >= 15 is 0 Å². The van der Waals surface area contributed by atoms with E-state index < -0.39 is 5.92 Å². The summed E-state index contributed by atoms with van der Waals surface area (Å²) in [5.41, 5.74) is 1.02. The van der Waals surface area contributed by atoms with Gasteiger partial charge in [-0.2, -0.15) is 8.78 Å². The van der Waals surface area contributed by atoms with Crippen molar-refractivity contribution < 1.29 is 8.78 Å². The standard InChI is InChI=1S/C16H16BrF2N/c1-12(13-7-9-15(17)10-8-13)20-11-16(18,19)14-5-3-2-4-6-14/h2-10,12,20H,11H2,1H3/t12-/m1/s1. The molecule has 0 spiro atoms. The van der Waals surface area contributed by atoms with Crippen LogP contribution in [0.5, 0.6) is 0 Å². The summed E-state index contributed by atoms with van der Waals surface area (Å²) in [6.45, 7) is 1.50. The van der Waals surface area contributed by atoms with Crippen LogP contribution in [-0.2, 0) is 5.92 Å². The second-order valence-corrected chi connectivity index (χ2v) is 5.64. The molecule has 1 atom stereocenters. The van der Waals surface area contributed by atoms with Crippen molar-refractivity contribution >= 4 is 15.9 Å². The van der Waals surface area contributed by atoms with Gasteiger partial charge in [0.1, 0.15) is 0 Å². The first-order valence-corrected chi connectivity index (χ1v) is 7.20. The SMILES string of the molecule is C[C@@H](NCC(F)(F)c1ccccc1)c1ccc(Br)cc1. The molecule has 0 aliphatic rings. The van der Waals surface area contributed by atoms with Gasteiger partial charge in [0.25, 0.3) is 5.92 Å². The molecule has 1 N–H and O–H groups in total. The molecule has 106 valence electrons. The molecule has 0 bridgehead atoms. The average molecular weight is 340 g/mol. The van der Waals surface area contributed by atoms with Gasteiger partial charge in [-0.05, 0) is 24.6 Å². The zero-order valence-corrected chi connectivity index (χ0v) is 12.7. The van der Waals surface area contributed by atoms with Crippen molar-refractivity contribution in [1.29, 1.82) is 0 Å². The Bertz CT molecular complexity index is 540. The fourth-order valence-corrected chi connectivity index (χ4v) is 2.20. The van der Waals surface area contributed by atoms with Crippen LogP contribution in [0.15, 0.2) is 59.1 Å². The molecule has 0 fully saturated rings. The van der Waals surface area contributed by atoms with Crippen molar-refractivity contribution in [3.8, 4) is 0 Å². The summed E-state index contributed by atoms with van der Waals surface area (Å²) in [4.78, 5) is 0. The maximum Gasteiger partial charge on any atom is 0.285 e. The number of nitrogens with one attached hydrogen (secondary N) is 1. The molecule has 0 aliphatic heterocycles. The summed E-state index contributed by atoms with van der Waals surface area (Å²) in [5, 5.41) is 2.89. The third kappa shape index (κ3) is 3.87. The topological polar surface area (TPSA) is 12.0 Å². The van der Waals surface area contributed by atoms with Crippen LogP contribution in [0.3, 0.4) is 0 Å². The number of benzene rings is 2. The normalized spacial score (nSPS) is 13.2. The number of rotatable bonds is 5. The van der Waals surface area contributed by atoms with Crippen LogP contribution in [0.4, 0.5) is 8.78 Å². The molecule has 2 aromatic carbocycles. The van der Waals surface area contributed by atoms with Gasteiger partial charge in [-0.1, -0.05) is 58.4 Å². The lowest BCUT2D eigenvalue weighted by Crippen LogP contribution is -2.32. The molecule has 20 heavy (non-hydrogen) atoms. The predicted octanol–water partition coefficient (Wildman–Crippen LogP) is 4.89. The number of alkyl halides is 2. The Kier molecular flexibility index (Phi) is 4.89. The summed E-state index contributed by atoms with van der Waals surface area (Å²) in [6.07, 6.45) is 0. The summed E-state index contributed by atoms with van der Waals surface area (Å²) in [7, 11) is 0. The second kappa shape index (κ2) is 6.46. The quantitative estimate of drug-likeness (QED) is 0.817. The molecule has 2 aromatic rings.